The third-order valence-electron chi connectivity index (χ3n) is 3.93. The third kappa shape index (κ3) is 1.86. The lowest BCUT2D eigenvalue weighted by atomic mass is 9.75. The zero-order valence-electron chi connectivity index (χ0n) is 10.1. The van der Waals surface area contributed by atoms with Gasteiger partial charge in [-0.25, -0.2) is 4.39 Å². The zero-order valence-corrected chi connectivity index (χ0v) is 10.1. The van der Waals surface area contributed by atoms with Gasteiger partial charge in [-0.15, -0.1) is 0 Å². The summed E-state index contributed by atoms with van der Waals surface area (Å²) in [5.41, 5.74) is 8.90. The van der Waals surface area contributed by atoms with E-state index in [2.05, 4.69) is 0 Å². The second kappa shape index (κ2) is 4.17. The van der Waals surface area contributed by atoms with E-state index < -0.39 is 5.54 Å². The number of hydrogen-bond acceptors (Lipinski definition) is 1. The lowest BCUT2D eigenvalue weighted by molar-refractivity contribution is 0.291. The van der Waals surface area contributed by atoms with Crippen LogP contribution in [0.15, 0.2) is 12.1 Å². The fraction of sp³-hybridized carbons (Fsp3) is 0.571. The maximum absolute atomic E-state index is 14.0. The lowest BCUT2D eigenvalue weighted by Crippen LogP contribution is -2.40. The molecule has 0 aromatic heterocycles. The van der Waals surface area contributed by atoms with Crippen LogP contribution in [0, 0.1) is 19.7 Å². The van der Waals surface area contributed by atoms with E-state index in [0.29, 0.717) is 0 Å². The molecule has 0 heterocycles. The average Bonchev–Trinajstić information content (AvgIpc) is 2.25. The van der Waals surface area contributed by atoms with Gasteiger partial charge in [0.25, 0.3) is 0 Å². The monoisotopic (exact) mass is 221 g/mol. The molecular formula is C14H20FN. The first-order valence-electron chi connectivity index (χ1n) is 6.10. The van der Waals surface area contributed by atoms with Crippen LogP contribution in [0.5, 0.6) is 0 Å². The normalized spacial score (nSPS) is 19.8. The number of benzene rings is 1. The highest BCUT2D eigenvalue weighted by Crippen LogP contribution is 2.38. The van der Waals surface area contributed by atoms with Crippen molar-refractivity contribution in [2.24, 2.45) is 5.73 Å². The van der Waals surface area contributed by atoms with Crippen molar-refractivity contribution < 1.29 is 4.39 Å². The van der Waals surface area contributed by atoms with Crippen LogP contribution in [0.25, 0.3) is 0 Å². The van der Waals surface area contributed by atoms with Crippen LogP contribution in [0.2, 0.25) is 0 Å². The van der Waals surface area contributed by atoms with E-state index in [-0.39, 0.29) is 5.82 Å². The maximum atomic E-state index is 14.0. The van der Waals surface area contributed by atoms with E-state index in [4.69, 9.17) is 5.73 Å². The van der Waals surface area contributed by atoms with E-state index in [1.54, 1.807) is 6.07 Å². The van der Waals surface area contributed by atoms with Crippen molar-refractivity contribution >= 4 is 0 Å². The highest BCUT2D eigenvalue weighted by atomic mass is 19.1. The highest BCUT2D eigenvalue weighted by molar-refractivity contribution is 5.39. The molecular weight excluding hydrogens is 201 g/mol. The second-order valence-corrected chi connectivity index (χ2v) is 5.08. The SMILES string of the molecule is Cc1ccc(F)c(C2(N)CCCCC2)c1C. The number of hydrogen-bond donors (Lipinski definition) is 1. The van der Waals surface area contributed by atoms with E-state index in [1.165, 1.54) is 6.42 Å². The van der Waals surface area contributed by atoms with E-state index in [9.17, 15) is 4.39 Å². The molecule has 2 heteroatoms. The molecule has 0 radical (unpaired) electrons. The summed E-state index contributed by atoms with van der Waals surface area (Å²) in [6.45, 7) is 4.00. The molecule has 1 nitrogen and oxygen atoms in total. The van der Waals surface area contributed by atoms with Crippen LogP contribution in [0.4, 0.5) is 4.39 Å². The predicted octanol–water partition coefficient (Wildman–Crippen LogP) is 3.56. The molecule has 1 aromatic carbocycles. The minimum atomic E-state index is -0.432. The van der Waals surface area contributed by atoms with Crippen LogP contribution in [-0.4, -0.2) is 0 Å². The topological polar surface area (TPSA) is 26.0 Å². The Bertz CT molecular complexity index is 392. The minimum absolute atomic E-state index is 0.132. The first-order chi connectivity index (χ1) is 7.54. The summed E-state index contributed by atoms with van der Waals surface area (Å²) in [6, 6.07) is 3.39. The van der Waals surface area contributed by atoms with Gasteiger partial charge in [0.05, 0.1) is 0 Å². The summed E-state index contributed by atoms with van der Waals surface area (Å²) in [7, 11) is 0. The van der Waals surface area contributed by atoms with Gasteiger partial charge in [0.15, 0.2) is 0 Å². The number of nitrogens with two attached hydrogens (primary N) is 1. The van der Waals surface area contributed by atoms with Crippen molar-refractivity contribution in [3.05, 3.63) is 34.6 Å². The van der Waals surface area contributed by atoms with Gasteiger partial charge in [0, 0.05) is 11.1 Å². The summed E-state index contributed by atoms with van der Waals surface area (Å²) >= 11 is 0. The van der Waals surface area contributed by atoms with Crippen molar-refractivity contribution in [2.75, 3.05) is 0 Å². The summed E-state index contributed by atoms with van der Waals surface area (Å²) in [4.78, 5) is 0. The first-order valence-corrected chi connectivity index (χ1v) is 6.10. The van der Waals surface area contributed by atoms with Gasteiger partial charge in [-0.05, 0) is 43.9 Å². The van der Waals surface area contributed by atoms with Crippen molar-refractivity contribution in [1.82, 2.24) is 0 Å². The second-order valence-electron chi connectivity index (χ2n) is 5.08. The Morgan fingerprint density at radius 2 is 1.75 bits per heavy atom. The minimum Gasteiger partial charge on any atom is -0.321 e. The van der Waals surface area contributed by atoms with Crippen molar-refractivity contribution in [2.45, 2.75) is 51.5 Å². The molecule has 0 spiro atoms. The molecule has 0 saturated heterocycles. The Morgan fingerprint density at radius 1 is 1.12 bits per heavy atom. The average molecular weight is 221 g/mol. The predicted molar refractivity (Wildman–Crippen MR) is 64.8 cm³/mol. The third-order valence-corrected chi connectivity index (χ3v) is 3.93. The molecule has 1 fully saturated rings. The highest BCUT2D eigenvalue weighted by Gasteiger charge is 2.33. The molecule has 0 amide bonds. The first kappa shape index (κ1) is 11.6. The molecule has 1 aliphatic rings. The molecule has 1 aliphatic carbocycles. The molecule has 0 atom stereocenters. The number of halogens is 1. The summed E-state index contributed by atoms with van der Waals surface area (Å²) < 4.78 is 14.0. The molecule has 1 aromatic rings. The molecule has 1 saturated carbocycles. The van der Waals surface area contributed by atoms with Crippen LogP contribution >= 0.6 is 0 Å². The van der Waals surface area contributed by atoms with Crippen molar-refractivity contribution in [3.8, 4) is 0 Å². The molecule has 0 unspecified atom stereocenters. The lowest BCUT2D eigenvalue weighted by Gasteiger charge is -2.35. The summed E-state index contributed by atoms with van der Waals surface area (Å²) in [5, 5.41) is 0. The molecule has 2 rings (SSSR count). The maximum Gasteiger partial charge on any atom is 0.128 e. The largest absolute Gasteiger partial charge is 0.321 e. The van der Waals surface area contributed by atoms with Gasteiger partial charge in [0.1, 0.15) is 5.82 Å². The Hall–Kier alpha value is -0.890. The van der Waals surface area contributed by atoms with E-state index in [0.717, 1.165) is 42.4 Å². The standard InChI is InChI=1S/C14H20FN/c1-10-6-7-12(15)13(11(10)2)14(16)8-4-3-5-9-14/h6-7H,3-5,8-9,16H2,1-2H3. The van der Waals surface area contributed by atoms with Gasteiger partial charge >= 0.3 is 0 Å². The number of rotatable bonds is 1. The Kier molecular flexibility index (Phi) is 3.02. The van der Waals surface area contributed by atoms with E-state index >= 15 is 0 Å². The van der Waals surface area contributed by atoms with Gasteiger partial charge < -0.3 is 5.73 Å². The zero-order chi connectivity index (χ0) is 11.8. The fourth-order valence-corrected chi connectivity index (χ4v) is 2.83. The summed E-state index contributed by atoms with van der Waals surface area (Å²) in [5.74, 6) is -0.132. The van der Waals surface area contributed by atoms with Crippen molar-refractivity contribution in [3.63, 3.8) is 0 Å². The summed E-state index contributed by atoms with van der Waals surface area (Å²) in [6.07, 6.45) is 5.28. The molecule has 16 heavy (non-hydrogen) atoms. The quantitative estimate of drug-likeness (QED) is 0.771. The smallest absolute Gasteiger partial charge is 0.128 e. The fourth-order valence-electron chi connectivity index (χ4n) is 2.83. The van der Waals surface area contributed by atoms with E-state index in [1.807, 2.05) is 19.9 Å². The van der Waals surface area contributed by atoms with Gasteiger partial charge in [-0.3, -0.25) is 0 Å². The van der Waals surface area contributed by atoms with Crippen LogP contribution in [0.3, 0.4) is 0 Å². The van der Waals surface area contributed by atoms with Crippen molar-refractivity contribution in [1.29, 1.82) is 0 Å². The van der Waals surface area contributed by atoms with Crippen LogP contribution < -0.4 is 5.73 Å². The van der Waals surface area contributed by atoms with Crippen LogP contribution in [0.1, 0.15) is 48.8 Å². The molecule has 0 aliphatic heterocycles. The van der Waals surface area contributed by atoms with Gasteiger partial charge in [-0.1, -0.05) is 25.3 Å². The number of aryl methyl sites for hydroxylation is 1. The molecule has 0 bridgehead atoms. The molecule has 88 valence electrons. The van der Waals surface area contributed by atoms with Gasteiger partial charge in [0.2, 0.25) is 0 Å². The Labute approximate surface area is 96.9 Å². The van der Waals surface area contributed by atoms with Gasteiger partial charge in [-0.2, -0.15) is 0 Å². The Balaban J connectivity index is 2.49. The molecule has 2 N–H and O–H groups in total. The van der Waals surface area contributed by atoms with Crippen LogP contribution in [-0.2, 0) is 5.54 Å². The Morgan fingerprint density at radius 3 is 2.38 bits per heavy atom.